The maximum absolute atomic E-state index is 13.4. The van der Waals surface area contributed by atoms with E-state index in [0.717, 1.165) is 15.9 Å². The molecule has 8 heteroatoms. The van der Waals surface area contributed by atoms with Gasteiger partial charge in [-0.1, -0.05) is 0 Å². The lowest BCUT2D eigenvalue weighted by Gasteiger charge is -2.41. The second kappa shape index (κ2) is 5.55. The summed E-state index contributed by atoms with van der Waals surface area (Å²) in [5.41, 5.74) is 2.07. The Morgan fingerprint density at radius 3 is 2.57 bits per heavy atom. The third-order valence-electron chi connectivity index (χ3n) is 4.49. The van der Waals surface area contributed by atoms with E-state index in [9.17, 15) is 13.2 Å². The van der Waals surface area contributed by atoms with Crippen LogP contribution in [0.2, 0.25) is 0 Å². The quantitative estimate of drug-likeness (QED) is 0.868. The molecule has 2 aliphatic rings. The van der Waals surface area contributed by atoms with Gasteiger partial charge in [-0.2, -0.15) is 18.3 Å². The van der Waals surface area contributed by atoms with E-state index in [-0.39, 0.29) is 5.92 Å². The van der Waals surface area contributed by atoms with Crippen molar-refractivity contribution in [2.24, 2.45) is 5.92 Å². The van der Waals surface area contributed by atoms with Crippen molar-refractivity contribution < 1.29 is 13.2 Å². The second-order valence-corrected chi connectivity index (χ2v) is 6.53. The van der Waals surface area contributed by atoms with Gasteiger partial charge in [0.2, 0.25) is 0 Å². The molecule has 1 unspecified atom stereocenters. The summed E-state index contributed by atoms with van der Waals surface area (Å²) in [4.78, 5) is 1.59. The summed E-state index contributed by atoms with van der Waals surface area (Å²) in [6.45, 7) is 4.19. The third kappa shape index (κ3) is 2.85. The first-order chi connectivity index (χ1) is 9.88. The molecule has 0 spiro atoms. The highest BCUT2D eigenvalue weighted by Crippen LogP contribution is 2.33. The fraction of sp³-hybridized carbons (Fsp3) is 0.769. The van der Waals surface area contributed by atoms with Crippen molar-refractivity contribution in [1.82, 2.24) is 20.0 Å². The largest absolute Gasteiger partial charge is 0.404 e. The Labute approximate surface area is 129 Å². The smallest absolute Gasteiger partial charge is 0.316 e. The van der Waals surface area contributed by atoms with Crippen molar-refractivity contribution >= 4 is 15.9 Å². The lowest BCUT2D eigenvalue weighted by Crippen LogP contribution is -2.60. The van der Waals surface area contributed by atoms with E-state index >= 15 is 0 Å². The Hall–Kier alpha value is -0.600. The Kier molecular flexibility index (Phi) is 4.04. The molecule has 1 fully saturated rings. The van der Waals surface area contributed by atoms with Crippen LogP contribution in [0.25, 0.3) is 0 Å². The Bertz CT molecular complexity index is 524. The van der Waals surface area contributed by atoms with Gasteiger partial charge in [-0.05, 0) is 22.9 Å². The lowest BCUT2D eigenvalue weighted by molar-refractivity contribution is -0.202. The molecule has 0 bridgehead atoms. The molecule has 21 heavy (non-hydrogen) atoms. The maximum atomic E-state index is 13.4. The van der Waals surface area contributed by atoms with Crippen LogP contribution >= 0.6 is 15.9 Å². The van der Waals surface area contributed by atoms with Crippen LogP contribution in [0, 0.1) is 12.8 Å². The van der Waals surface area contributed by atoms with Crippen molar-refractivity contribution in [3.63, 3.8) is 0 Å². The van der Waals surface area contributed by atoms with Crippen molar-refractivity contribution in [1.29, 1.82) is 0 Å². The average Bonchev–Trinajstić information content (AvgIpc) is 2.51. The van der Waals surface area contributed by atoms with Crippen LogP contribution in [0.3, 0.4) is 0 Å². The summed E-state index contributed by atoms with van der Waals surface area (Å²) < 4.78 is 42.9. The fourth-order valence-corrected chi connectivity index (χ4v) is 3.65. The Balaban J connectivity index is 1.78. The number of nitrogens with zero attached hydrogens (tertiary/aromatic N) is 3. The maximum Gasteiger partial charge on any atom is 0.404 e. The van der Waals surface area contributed by atoms with Gasteiger partial charge in [0, 0.05) is 49.8 Å². The van der Waals surface area contributed by atoms with Gasteiger partial charge in [-0.3, -0.25) is 9.58 Å². The first-order valence-electron chi connectivity index (χ1n) is 7.11. The molecule has 0 aromatic carbocycles. The van der Waals surface area contributed by atoms with Crippen LogP contribution in [0.1, 0.15) is 11.3 Å². The summed E-state index contributed by atoms with van der Waals surface area (Å²) in [6, 6.07) is -1.34. The summed E-state index contributed by atoms with van der Waals surface area (Å²) in [5.74, 6) is -0.330. The predicted octanol–water partition coefficient (Wildman–Crippen LogP) is 1.96. The highest BCUT2D eigenvalue weighted by Gasteiger charge is 2.49. The lowest BCUT2D eigenvalue weighted by atomic mass is 9.91. The number of rotatable bonds is 2. The molecule has 1 N–H and O–H groups in total. The normalized spacial score (nSPS) is 22.5. The van der Waals surface area contributed by atoms with E-state index < -0.39 is 12.2 Å². The van der Waals surface area contributed by atoms with Gasteiger partial charge in [-0.25, -0.2) is 0 Å². The summed E-state index contributed by atoms with van der Waals surface area (Å²) >= 11 is 3.39. The number of aromatic nitrogens is 2. The fourth-order valence-electron chi connectivity index (χ4n) is 3.22. The Morgan fingerprint density at radius 2 is 2.00 bits per heavy atom. The minimum Gasteiger partial charge on any atom is -0.316 e. The highest BCUT2D eigenvalue weighted by atomic mass is 79.9. The van der Waals surface area contributed by atoms with Gasteiger partial charge in [0.1, 0.15) is 10.6 Å². The van der Waals surface area contributed by atoms with E-state index in [4.69, 9.17) is 0 Å². The minimum absolute atomic E-state index is 0.330. The van der Waals surface area contributed by atoms with Crippen LogP contribution in [0.4, 0.5) is 13.2 Å². The number of alkyl halides is 3. The molecule has 118 valence electrons. The molecular weight excluding hydrogens is 349 g/mol. The summed E-state index contributed by atoms with van der Waals surface area (Å²) in [6.07, 6.45) is -3.56. The standard InChI is InChI=1S/C13H18BrF3N4/c1-8-10-2-3-20(4-5-21(10)19-12(8)14)11(13(15,16)17)9-6-18-7-9/h9,11,18H,2-7H2,1H3. The zero-order valence-electron chi connectivity index (χ0n) is 11.8. The molecule has 0 saturated carbocycles. The van der Waals surface area contributed by atoms with Crippen LogP contribution in [0.15, 0.2) is 4.60 Å². The van der Waals surface area contributed by atoms with Crippen LogP contribution < -0.4 is 5.32 Å². The van der Waals surface area contributed by atoms with Crippen molar-refractivity contribution in [2.45, 2.75) is 32.1 Å². The van der Waals surface area contributed by atoms with Crippen LogP contribution in [0.5, 0.6) is 0 Å². The van der Waals surface area contributed by atoms with Gasteiger partial charge in [-0.15, -0.1) is 0 Å². The number of hydrogen-bond donors (Lipinski definition) is 1. The van der Waals surface area contributed by atoms with Crippen molar-refractivity contribution in [2.75, 3.05) is 26.2 Å². The van der Waals surface area contributed by atoms with Crippen molar-refractivity contribution in [3.05, 3.63) is 15.9 Å². The number of hydrogen-bond acceptors (Lipinski definition) is 3. The van der Waals surface area contributed by atoms with E-state index in [1.54, 1.807) is 4.90 Å². The van der Waals surface area contributed by atoms with E-state index in [1.807, 2.05) is 11.6 Å². The molecule has 4 nitrogen and oxygen atoms in total. The van der Waals surface area contributed by atoms with E-state index in [1.165, 1.54) is 0 Å². The molecule has 0 aliphatic carbocycles. The molecule has 2 aliphatic heterocycles. The molecule has 0 amide bonds. The molecule has 1 atom stereocenters. The zero-order chi connectivity index (χ0) is 15.2. The van der Waals surface area contributed by atoms with E-state index in [0.29, 0.717) is 39.1 Å². The molecule has 3 heterocycles. The van der Waals surface area contributed by atoms with Crippen LogP contribution in [-0.4, -0.2) is 53.1 Å². The highest BCUT2D eigenvalue weighted by molar-refractivity contribution is 9.10. The third-order valence-corrected chi connectivity index (χ3v) is 5.24. The summed E-state index contributed by atoms with van der Waals surface area (Å²) in [5, 5.41) is 7.31. The SMILES string of the molecule is Cc1c(Br)nn2c1CCN(C(C1CNC1)C(F)(F)F)CC2. The van der Waals surface area contributed by atoms with Gasteiger partial charge >= 0.3 is 6.18 Å². The first-order valence-corrected chi connectivity index (χ1v) is 7.90. The zero-order valence-corrected chi connectivity index (χ0v) is 13.3. The average molecular weight is 367 g/mol. The molecule has 1 aromatic rings. The van der Waals surface area contributed by atoms with Gasteiger partial charge in [0.25, 0.3) is 0 Å². The summed E-state index contributed by atoms with van der Waals surface area (Å²) in [7, 11) is 0. The molecule has 1 aromatic heterocycles. The number of halogens is 4. The van der Waals surface area contributed by atoms with E-state index in [2.05, 4.69) is 26.3 Å². The first kappa shape index (κ1) is 15.3. The molecule has 0 radical (unpaired) electrons. The van der Waals surface area contributed by atoms with Crippen LogP contribution in [-0.2, 0) is 13.0 Å². The van der Waals surface area contributed by atoms with Gasteiger partial charge in [0.05, 0.1) is 6.54 Å². The molecule has 3 rings (SSSR count). The second-order valence-electron chi connectivity index (χ2n) is 5.78. The monoisotopic (exact) mass is 366 g/mol. The molecule has 1 saturated heterocycles. The van der Waals surface area contributed by atoms with Gasteiger partial charge in [0.15, 0.2) is 0 Å². The van der Waals surface area contributed by atoms with Crippen molar-refractivity contribution in [3.8, 4) is 0 Å². The number of nitrogens with one attached hydrogen (secondary N) is 1. The predicted molar refractivity (Wildman–Crippen MR) is 76.1 cm³/mol. The Morgan fingerprint density at radius 1 is 1.29 bits per heavy atom. The minimum atomic E-state index is -4.17. The topological polar surface area (TPSA) is 33.1 Å². The molecular formula is C13H18BrF3N4. The van der Waals surface area contributed by atoms with Gasteiger partial charge < -0.3 is 5.32 Å². The number of fused-ring (bicyclic) bond motifs is 1.